The number of carbonyl (C=O) groups is 1. The highest BCUT2D eigenvalue weighted by atomic mass is 16.5. The summed E-state index contributed by atoms with van der Waals surface area (Å²) in [7, 11) is 4.77. The predicted molar refractivity (Wildman–Crippen MR) is 82.6 cm³/mol. The number of hydrogen-bond acceptors (Lipinski definition) is 5. The lowest BCUT2D eigenvalue weighted by Gasteiger charge is -2.27. The number of likely N-dealkylation sites (N-methyl/N-ethyl adjacent to an activating group) is 1. The number of carbonyl (C=O) groups excluding carboxylic acids is 1. The molecule has 0 saturated carbocycles. The van der Waals surface area contributed by atoms with E-state index in [-0.39, 0.29) is 12.1 Å². The Bertz CT molecular complexity index is 504. The number of ether oxygens (including phenoxy) is 3. The monoisotopic (exact) mass is 309 g/mol. The quantitative estimate of drug-likeness (QED) is 0.902. The summed E-state index contributed by atoms with van der Waals surface area (Å²) < 4.78 is 15.9. The minimum atomic E-state index is -0.223. The Labute approximate surface area is 130 Å². The number of nitrogens with zero attached hydrogens (tertiary/aromatic N) is 2. The summed E-state index contributed by atoms with van der Waals surface area (Å²) in [6.45, 7) is 1.34. The molecule has 1 aliphatic rings. The maximum Gasteiger partial charge on any atom is 0.321 e. The Kier molecular flexibility index (Phi) is 5.83. The van der Waals surface area contributed by atoms with Crippen LogP contribution >= 0.6 is 0 Å². The van der Waals surface area contributed by atoms with Crippen LogP contribution in [-0.2, 0) is 4.74 Å². The summed E-state index contributed by atoms with van der Waals surface area (Å²) in [5.41, 5.74) is 0.504. The van der Waals surface area contributed by atoms with Crippen LogP contribution in [0.1, 0.15) is 19.3 Å². The Morgan fingerprint density at radius 1 is 1.41 bits per heavy atom. The third-order valence-electron chi connectivity index (χ3n) is 3.58. The fourth-order valence-corrected chi connectivity index (χ4v) is 2.34. The molecule has 0 unspecified atom stereocenters. The summed E-state index contributed by atoms with van der Waals surface area (Å²) in [5, 5.41) is 2.79. The number of aromatic nitrogens is 1. The molecule has 7 nitrogen and oxygen atoms in total. The zero-order chi connectivity index (χ0) is 15.9. The van der Waals surface area contributed by atoms with E-state index < -0.39 is 0 Å². The van der Waals surface area contributed by atoms with E-state index in [9.17, 15) is 4.79 Å². The van der Waals surface area contributed by atoms with E-state index in [1.54, 1.807) is 24.1 Å². The van der Waals surface area contributed by atoms with E-state index in [1.807, 2.05) is 0 Å². The zero-order valence-corrected chi connectivity index (χ0v) is 13.3. The maximum absolute atomic E-state index is 12.3. The van der Waals surface area contributed by atoms with Crippen LogP contribution in [0.4, 0.5) is 10.5 Å². The SMILES string of the molecule is COc1ccc(NC(=O)N(C)C[C@H]2CCCCO2)c(OC)n1. The van der Waals surface area contributed by atoms with Crippen LogP contribution in [0.15, 0.2) is 12.1 Å². The Balaban J connectivity index is 1.95. The lowest BCUT2D eigenvalue weighted by Crippen LogP contribution is -2.39. The van der Waals surface area contributed by atoms with Gasteiger partial charge in [-0.3, -0.25) is 0 Å². The first-order valence-electron chi connectivity index (χ1n) is 7.36. The number of methoxy groups -OCH3 is 2. The van der Waals surface area contributed by atoms with Gasteiger partial charge < -0.3 is 24.4 Å². The van der Waals surface area contributed by atoms with Gasteiger partial charge in [0.15, 0.2) is 0 Å². The van der Waals surface area contributed by atoms with Gasteiger partial charge in [0.25, 0.3) is 0 Å². The van der Waals surface area contributed by atoms with Gasteiger partial charge >= 0.3 is 6.03 Å². The van der Waals surface area contributed by atoms with E-state index in [1.165, 1.54) is 14.2 Å². The van der Waals surface area contributed by atoms with Crippen LogP contribution in [-0.4, -0.2) is 56.4 Å². The molecule has 2 heterocycles. The van der Waals surface area contributed by atoms with Gasteiger partial charge in [-0.1, -0.05) is 0 Å². The first-order chi connectivity index (χ1) is 10.6. The molecule has 1 fully saturated rings. The van der Waals surface area contributed by atoms with Crippen LogP contribution in [0.3, 0.4) is 0 Å². The van der Waals surface area contributed by atoms with Crippen molar-refractivity contribution in [3.8, 4) is 11.8 Å². The largest absolute Gasteiger partial charge is 0.481 e. The molecule has 7 heteroatoms. The van der Waals surface area contributed by atoms with Crippen molar-refractivity contribution in [2.24, 2.45) is 0 Å². The Morgan fingerprint density at radius 2 is 2.23 bits per heavy atom. The molecule has 1 aromatic rings. The second kappa shape index (κ2) is 7.84. The lowest BCUT2D eigenvalue weighted by molar-refractivity contribution is 0.00463. The van der Waals surface area contributed by atoms with E-state index in [0.29, 0.717) is 24.0 Å². The molecule has 0 aliphatic carbocycles. The minimum Gasteiger partial charge on any atom is -0.481 e. The van der Waals surface area contributed by atoms with Gasteiger partial charge in [0.1, 0.15) is 5.69 Å². The normalized spacial score (nSPS) is 17.7. The Morgan fingerprint density at radius 3 is 2.86 bits per heavy atom. The molecule has 2 amide bonds. The number of pyridine rings is 1. The van der Waals surface area contributed by atoms with Crippen LogP contribution < -0.4 is 14.8 Å². The van der Waals surface area contributed by atoms with Gasteiger partial charge in [-0.25, -0.2) is 4.79 Å². The van der Waals surface area contributed by atoms with Crippen molar-refractivity contribution >= 4 is 11.7 Å². The molecular formula is C15H23N3O4. The number of rotatable bonds is 5. The minimum absolute atomic E-state index is 0.111. The maximum atomic E-state index is 12.3. The number of urea groups is 1. The van der Waals surface area contributed by atoms with Crippen molar-refractivity contribution in [1.82, 2.24) is 9.88 Å². The van der Waals surface area contributed by atoms with Gasteiger partial charge in [0, 0.05) is 26.3 Å². The molecule has 1 saturated heterocycles. The zero-order valence-electron chi connectivity index (χ0n) is 13.3. The fraction of sp³-hybridized carbons (Fsp3) is 0.600. The van der Waals surface area contributed by atoms with E-state index in [2.05, 4.69) is 10.3 Å². The van der Waals surface area contributed by atoms with Gasteiger partial charge in [-0.2, -0.15) is 4.98 Å². The molecule has 1 atom stereocenters. The summed E-state index contributed by atoms with van der Waals surface area (Å²) in [6, 6.07) is 3.15. The van der Waals surface area contributed by atoms with Crippen LogP contribution in [0.2, 0.25) is 0 Å². The fourth-order valence-electron chi connectivity index (χ4n) is 2.34. The van der Waals surface area contributed by atoms with E-state index in [4.69, 9.17) is 14.2 Å². The summed E-state index contributed by atoms with van der Waals surface area (Å²) in [4.78, 5) is 18.0. The summed E-state index contributed by atoms with van der Waals surface area (Å²) in [6.07, 6.45) is 3.35. The topological polar surface area (TPSA) is 72.9 Å². The molecule has 122 valence electrons. The van der Waals surface area contributed by atoms with Gasteiger partial charge in [-0.05, 0) is 25.3 Å². The van der Waals surface area contributed by atoms with Gasteiger partial charge in [-0.15, -0.1) is 0 Å². The van der Waals surface area contributed by atoms with E-state index >= 15 is 0 Å². The second-order valence-electron chi connectivity index (χ2n) is 5.21. The molecule has 2 rings (SSSR count). The predicted octanol–water partition coefficient (Wildman–Crippen LogP) is 2.13. The second-order valence-corrected chi connectivity index (χ2v) is 5.21. The lowest BCUT2D eigenvalue weighted by atomic mass is 10.1. The molecule has 1 N–H and O–H groups in total. The van der Waals surface area contributed by atoms with E-state index in [0.717, 1.165) is 25.9 Å². The summed E-state index contributed by atoms with van der Waals surface area (Å²) in [5.74, 6) is 0.744. The van der Waals surface area contributed by atoms with Crippen molar-refractivity contribution in [3.05, 3.63) is 12.1 Å². The van der Waals surface area contributed by atoms with Crippen LogP contribution in [0.25, 0.3) is 0 Å². The number of anilines is 1. The van der Waals surface area contributed by atoms with Crippen molar-refractivity contribution in [2.75, 3.05) is 39.7 Å². The van der Waals surface area contributed by atoms with Gasteiger partial charge in [0.2, 0.25) is 11.8 Å². The molecule has 0 spiro atoms. The standard InChI is InChI=1S/C15H23N3O4/c1-18(10-11-6-4-5-9-22-11)15(19)16-12-7-8-13(20-2)17-14(12)21-3/h7-8,11H,4-6,9-10H2,1-3H3,(H,16,19)/t11-/m1/s1. The molecule has 0 aromatic carbocycles. The highest BCUT2D eigenvalue weighted by Gasteiger charge is 2.20. The molecular weight excluding hydrogens is 286 g/mol. The molecule has 0 radical (unpaired) electrons. The Hall–Kier alpha value is -2.02. The van der Waals surface area contributed by atoms with Gasteiger partial charge in [0.05, 0.1) is 20.3 Å². The first-order valence-corrected chi connectivity index (χ1v) is 7.36. The number of nitrogens with one attached hydrogen (secondary N) is 1. The number of amides is 2. The molecule has 22 heavy (non-hydrogen) atoms. The van der Waals surface area contributed by atoms with Crippen molar-refractivity contribution in [3.63, 3.8) is 0 Å². The molecule has 1 aliphatic heterocycles. The highest BCUT2D eigenvalue weighted by Crippen LogP contribution is 2.25. The van der Waals surface area contributed by atoms with Crippen molar-refractivity contribution < 1.29 is 19.0 Å². The molecule has 1 aromatic heterocycles. The van der Waals surface area contributed by atoms with Crippen molar-refractivity contribution in [2.45, 2.75) is 25.4 Å². The average molecular weight is 309 g/mol. The van der Waals surface area contributed by atoms with Crippen LogP contribution in [0.5, 0.6) is 11.8 Å². The third-order valence-corrected chi connectivity index (χ3v) is 3.58. The highest BCUT2D eigenvalue weighted by molar-refractivity contribution is 5.90. The first kappa shape index (κ1) is 16.4. The van der Waals surface area contributed by atoms with Crippen molar-refractivity contribution in [1.29, 1.82) is 0 Å². The average Bonchev–Trinajstić information content (AvgIpc) is 2.56. The number of hydrogen-bond donors (Lipinski definition) is 1. The summed E-state index contributed by atoms with van der Waals surface area (Å²) >= 11 is 0. The molecule has 0 bridgehead atoms. The third kappa shape index (κ3) is 4.24. The van der Waals surface area contributed by atoms with Crippen LogP contribution in [0, 0.1) is 0 Å². The smallest absolute Gasteiger partial charge is 0.321 e.